The van der Waals surface area contributed by atoms with Crippen molar-refractivity contribution in [2.75, 3.05) is 32.1 Å². The van der Waals surface area contributed by atoms with Gasteiger partial charge in [0.05, 0.1) is 18.8 Å². The van der Waals surface area contributed by atoms with Crippen molar-refractivity contribution in [3.63, 3.8) is 0 Å². The largest absolute Gasteiger partial charge is 0.514 e. The highest BCUT2D eigenvalue weighted by atomic mass is 35.5. The lowest BCUT2D eigenvalue weighted by Gasteiger charge is -2.51. The van der Waals surface area contributed by atoms with Gasteiger partial charge >= 0.3 is 6.16 Å². The van der Waals surface area contributed by atoms with E-state index in [1.807, 2.05) is 60.7 Å². The van der Waals surface area contributed by atoms with Crippen LogP contribution in [0.5, 0.6) is 11.5 Å². The van der Waals surface area contributed by atoms with Crippen molar-refractivity contribution in [3.05, 3.63) is 208 Å². The molecule has 5 N–H and O–H groups in total. The minimum atomic E-state index is -1.12. The minimum Gasteiger partial charge on any atom is -0.497 e. The van der Waals surface area contributed by atoms with Crippen LogP contribution in [0.1, 0.15) is 216 Å². The van der Waals surface area contributed by atoms with Crippen LogP contribution in [0.4, 0.5) is 10.5 Å². The Kier molecular flexibility index (Phi) is 30.7. The Morgan fingerprint density at radius 3 is 1.97 bits per heavy atom. The third-order valence-electron chi connectivity index (χ3n) is 22.7. The molecule has 0 saturated heterocycles. The Labute approximate surface area is 619 Å². The van der Waals surface area contributed by atoms with Crippen molar-refractivity contribution in [1.29, 1.82) is 0 Å². The summed E-state index contributed by atoms with van der Waals surface area (Å²) in [5, 5.41) is 16.4. The molecule has 4 amide bonds. The van der Waals surface area contributed by atoms with Gasteiger partial charge in [-0.2, -0.15) is 0 Å². The summed E-state index contributed by atoms with van der Waals surface area (Å²) in [6, 6.07) is 47.9. The van der Waals surface area contributed by atoms with Crippen molar-refractivity contribution < 1.29 is 42.9 Å². The van der Waals surface area contributed by atoms with Gasteiger partial charge in [0.25, 0.3) is 0 Å². The molecule has 0 heterocycles. The van der Waals surface area contributed by atoms with E-state index in [-0.39, 0.29) is 49.7 Å². The van der Waals surface area contributed by atoms with Gasteiger partial charge in [-0.1, -0.05) is 213 Å². The molecule has 3 aliphatic carbocycles. The number of rotatable bonds is 36. The maximum Gasteiger partial charge on any atom is 0.514 e. The van der Waals surface area contributed by atoms with Gasteiger partial charge in [-0.3, -0.25) is 24.5 Å². The highest BCUT2D eigenvalue weighted by Crippen LogP contribution is 2.57. The van der Waals surface area contributed by atoms with Crippen LogP contribution >= 0.6 is 11.6 Å². The number of amides is 4. The third kappa shape index (κ3) is 22.9. The van der Waals surface area contributed by atoms with Crippen molar-refractivity contribution in [3.8, 4) is 11.5 Å². The summed E-state index contributed by atoms with van der Waals surface area (Å²) in [4.78, 5) is 69.5. The summed E-state index contributed by atoms with van der Waals surface area (Å²) in [7, 11) is 1.65. The molecule has 2 saturated carbocycles. The number of ether oxygens (including phenoxy) is 4. The van der Waals surface area contributed by atoms with Gasteiger partial charge < -0.3 is 40.2 Å². The number of carbonyl (C=O) groups excluding carboxylic acids is 5. The van der Waals surface area contributed by atoms with Gasteiger partial charge in [-0.25, -0.2) is 4.79 Å². The van der Waals surface area contributed by atoms with Crippen LogP contribution in [0.2, 0.25) is 5.02 Å². The van der Waals surface area contributed by atoms with Gasteiger partial charge in [-0.05, 0) is 219 Å². The molecule has 554 valence electrons. The maximum atomic E-state index is 14.8. The molecule has 9 rings (SSSR count). The van der Waals surface area contributed by atoms with Gasteiger partial charge in [0.1, 0.15) is 30.2 Å². The number of unbranched alkanes of at least 4 members (excludes halogenated alkanes) is 1. The van der Waals surface area contributed by atoms with Crippen LogP contribution in [0.3, 0.4) is 0 Å². The predicted molar refractivity (Wildman–Crippen MR) is 414 cm³/mol. The molecule has 3 aliphatic rings. The molecule has 9 unspecified atom stereocenters. The maximum absolute atomic E-state index is 14.8. The molecule has 14 nitrogen and oxygen atoms in total. The Balaban J connectivity index is 0.801. The lowest BCUT2D eigenvalue weighted by molar-refractivity contribution is -0.131. The molecule has 0 radical (unpaired) electrons. The van der Waals surface area contributed by atoms with Gasteiger partial charge in [-0.15, -0.1) is 0 Å². The van der Waals surface area contributed by atoms with Crippen LogP contribution in [0, 0.1) is 40.9 Å². The lowest BCUT2D eigenvalue weighted by Crippen LogP contribution is -2.53. The summed E-state index contributed by atoms with van der Waals surface area (Å²) >= 11 is 6.32. The first-order valence-electron chi connectivity index (χ1n) is 38.6. The Hall–Kier alpha value is -7.78. The first kappa shape index (κ1) is 79.3. The minimum absolute atomic E-state index is 0.0705. The van der Waals surface area contributed by atoms with Crippen LogP contribution in [-0.4, -0.2) is 74.8 Å². The molecule has 15 heteroatoms. The number of benzene rings is 6. The normalized spacial score (nSPS) is 19.9. The number of halogens is 1. The fraction of sp³-hybridized carbons (Fsp3) is 0.511. The number of nitrogens with one attached hydrogen (secondary N) is 5. The quantitative estimate of drug-likeness (QED) is 0.00834. The number of hydrogen-bond donors (Lipinski definition) is 5. The molecule has 0 bridgehead atoms. The van der Waals surface area contributed by atoms with Gasteiger partial charge in [0, 0.05) is 43.1 Å². The molecule has 2 fully saturated rings. The second-order valence-electron chi connectivity index (χ2n) is 30.2. The van der Waals surface area contributed by atoms with E-state index < -0.39 is 41.5 Å². The molecular formula is C88H116ClN5O9. The zero-order chi connectivity index (χ0) is 73.1. The second kappa shape index (κ2) is 39.9. The second-order valence-corrected chi connectivity index (χ2v) is 30.6. The van der Waals surface area contributed by atoms with E-state index in [4.69, 9.17) is 30.5 Å². The molecular weight excluding hydrogens is 1310 g/mol. The van der Waals surface area contributed by atoms with E-state index in [1.165, 1.54) is 63.4 Å². The molecule has 6 aromatic carbocycles. The number of carbonyl (C=O) groups is 5. The van der Waals surface area contributed by atoms with Crippen LogP contribution in [0.15, 0.2) is 169 Å². The van der Waals surface area contributed by atoms with E-state index in [0.717, 1.165) is 95.6 Å². The zero-order valence-corrected chi connectivity index (χ0v) is 63.3. The molecule has 0 aromatic heterocycles. The van der Waals surface area contributed by atoms with Gasteiger partial charge in [0.15, 0.2) is 0 Å². The van der Waals surface area contributed by atoms with Crippen molar-refractivity contribution in [1.82, 2.24) is 21.3 Å². The van der Waals surface area contributed by atoms with E-state index in [2.05, 4.69) is 118 Å². The number of hydrogen-bond acceptors (Lipinski definition) is 10. The zero-order valence-electron chi connectivity index (χ0n) is 62.6. The summed E-state index contributed by atoms with van der Waals surface area (Å²) in [6.45, 7) is 18.1. The monoisotopic (exact) mass is 1420 g/mol. The summed E-state index contributed by atoms with van der Waals surface area (Å²) in [6.07, 6.45) is 21.0. The topological polar surface area (TPSA) is 182 Å². The van der Waals surface area contributed by atoms with Crippen LogP contribution in [0.25, 0.3) is 0 Å². The van der Waals surface area contributed by atoms with Crippen molar-refractivity contribution >= 4 is 47.1 Å². The SMILES string of the molecule is CCC(CC)c1ccc(OC(=O)OCc2ccc(NC(=O)C(CCCCNC(c3ccccc3)(c3ccccc3)c3ccc(OC)cc3)NC(=O)C(Cc3ccc(Cl)cc3)NC(=O)CCC(=O)NCCCOC3CCC4(C)C(=CCC5CCCC(C(C)CCCC(C)C)C(C)CCC54)C3)cc2)cc1. The van der Waals surface area contributed by atoms with Gasteiger partial charge in [0.2, 0.25) is 23.6 Å². The number of methoxy groups -OCH3 is 1. The van der Waals surface area contributed by atoms with E-state index >= 15 is 0 Å². The third-order valence-corrected chi connectivity index (χ3v) is 23.0. The summed E-state index contributed by atoms with van der Waals surface area (Å²) in [5.74, 6) is 4.46. The summed E-state index contributed by atoms with van der Waals surface area (Å²) < 4.78 is 23.1. The van der Waals surface area contributed by atoms with E-state index in [9.17, 15) is 24.0 Å². The highest BCUT2D eigenvalue weighted by molar-refractivity contribution is 6.30. The Morgan fingerprint density at radius 1 is 0.641 bits per heavy atom. The van der Waals surface area contributed by atoms with E-state index in [1.54, 1.807) is 73.3 Å². The number of anilines is 1. The highest BCUT2D eigenvalue weighted by Gasteiger charge is 2.47. The van der Waals surface area contributed by atoms with Crippen molar-refractivity contribution in [2.24, 2.45) is 40.9 Å². The van der Waals surface area contributed by atoms with Crippen molar-refractivity contribution in [2.45, 2.75) is 220 Å². The summed E-state index contributed by atoms with van der Waals surface area (Å²) in [5.41, 5.74) is 7.20. The Morgan fingerprint density at radius 2 is 1.30 bits per heavy atom. The number of fused-ring (bicyclic) bond motifs is 3. The van der Waals surface area contributed by atoms with E-state index in [0.29, 0.717) is 66.9 Å². The smallest absolute Gasteiger partial charge is 0.497 e. The first-order chi connectivity index (χ1) is 49.9. The molecule has 0 aliphatic heterocycles. The Bertz CT molecular complexity index is 3580. The number of allylic oxidation sites excluding steroid dienone is 1. The molecule has 0 spiro atoms. The lowest BCUT2D eigenvalue weighted by atomic mass is 9.55. The molecule has 6 aromatic rings. The standard InChI is InChI=1S/C88H116ClN5O9/c1-9-66(10-2)67-37-46-76(47-38-67)103-86(99)102-60-65-34-44-74(45-35-65)92-84(97)80(30-17-18-56-91-88(69-25-13-11-14-26-69,70-27-15-12-16-28-70)71-40-48-75(100-8)49-41-71)94-85(98)81(58-64-32-42-73(89)43-33-64)93-83(96)52-51-82(95)90-55-21-57-101-77-53-54-87(7)72(59-77)39-36-68-24-20-29-78(63(6)31-50-79(68)87)62(5)23-19-22-61(3)4/h11-16,25-28,32-35,37-49,61-63,66,68,77-81,91H,9-10,17-24,29-31,36,50-60H2,1-8H3,(H,90,95)(H,92,97)(H,93,96)(H,94,98). The molecule has 9 atom stereocenters. The first-order valence-corrected chi connectivity index (χ1v) is 39.0. The fourth-order valence-corrected chi connectivity index (χ4v) is 16.8. The molecule has 103 heavy (non-hydrogen) atoms. The fourth-order valence-electron chi connectivity index (χ4n) is 16.7. The average Bonchev–Trinajstić information content (AvgIpc) is 0.868. The predicted octanol–water partition coefficient (Wildman–Crippen LogP) is 19.0. The van der Waals surface area contributed by atoms with Crippen LogP contribution in [-0.2, 0) is 47.2 Å². The van der Waals surface area contributed by atoms with Crippen LogP contribution < -0.4 is 36.1 Å². The average molecular weight is 1420 g/mol.